The fourth-order valence-electron chi connectivity index (χ4n) is 4.43. The van der Waals surface area contributed by atoms with Gasteiger partial charge in [0.25, 0.3) is 0 Å². The molecule has 1 heterocycles. The Hall–Kier alpha value is -3.52. The van der Waals surface area contributed by atoms with Gasteiger partial charge in [0.1, 0.15) is 18.0 Å². The zero-order valence-corrected chi connectivity index (χ0v) is 19.9. The molecule has 0 aliphatic heterocycles. The van der Waals surface area contributed by atoms with Crippen LogP contribution in [0.2, 0.25) is 0 Å². The summed E-state index contributed by atoms with van der Waals surface area (Å²) in [6.45, 7) is 1.32. The molecule has 8 heteroatoms. The fraction of sp³-hybridized carbons (Fsp3) is 0.385. The first kappa shape index (κ1) is 23.6. The van der Waals surface area contributed by atoms with Crippen molar-refractivity contribution in [3.05, 3.63) is 76.0 Å². The van der Waals surface area contributed by atoms with Crippen LogP contribution in [-0.4, -0.2) is 50.5 Å². The number of carbonyl (C=O) groups excluding carboxylic acids is 1. The van der Waals surface area contributed by atoms with E-state index in [1.807, 2.05) is 19.2 Å². The Labute approximate surface area is 199 Å². The van der Waals surface area contributed by atoms with Crippen LogP contribution in [0.1, 0.15) is 40.2 Å². The van der Waals surface area contributed by atoms with E-state index in [4.69, 9.17) is 9.47 Å². The van der Waals surface area contributed by atoms with Gasteiger partial charge in [-0.05, 0) is 61.2 Å². The molecule has 0 bridgehead atoms. The lowest BCUT2D eigenvalue weighted by Crippen LogP contribution is -2.21. The first-order chi connectivity index (χ1) is 16.5. The molecule has 178 valence electrons. The molecule has 0 spiro atoms. The van der Waals surface area contributed by atoms with E-state index in [1.54, 1.807) is 31.0 Å². The van der Waals surface area contributed by atoms with Crippen molar-refractivity contribution >= 4 is 12.0 Å². The molecule has 1 aliphatic carbocycles. The van der Waals surface area contributed by atoms with E-state index in [1.165, 1.54) is 5.56 Å². The average molecular weight is 463 g/mol. The minimum Gasteiger partial charge on any atom is -0.497 e. The highest BCUT2D eigenvalue weighted by atomic mass is 16.5. The molecule has 3 aromatic rings. The van der Waals surface area contributed by atoms with E-state index in [2.05, 4.69) is 39.4 Å². The summed E-state index contributed by atoms with van der Waals surface area (Å²) in [5.74, 6) is 0.709. The fourth-order valence-corrected chi connectivity index (χ4v) is 4.43. The number of hydrogen-bond donors (Lipinski definition) is 0. The molecule has 0 amide bonds. The number of nitroso groups, excluding NO2 is 1. The summed E-state index contributed by atoms with van der Waals surface area (Å²) in [5.41, 5.74) is 4.99. The van der Waals surface area contributed by atoms with Crippen LogP contribution in [0.5, 0.6) is 5.75 Å². The molecule has 2 aromatic carbocycles. The van der Waals surface area contributed by atoms with Gasteiger partial charge in [0.05, 0.1) is 25.1 Å². The van der Waals surface area contributed by atoms with Gasteiger partial charge in [-0.1, -0.05) is 17.3 Å². The number of likely N-dealkylation sites (N-methyl/N-ethyl adjacent to an activating group) is 1. The van der Waals surface area contributed by atoms with E-state index >= 15 is 0 Å². The third kappa shape index (κ3) is 4.72. The van der Waals surface area contributed by atoms with Gasteiger partial charge in [-0.15, -0.1) is 0 Å². The Morgan fingerprint density at radius 3 is 2.38 bits per heavy atom. The molecule has 1 aromatic heterocycles. The van der Waals surface area contributed by atoms with Crippen LogP contribution in [0.15, 0.2) is 53.7 Å². The van der Waals surface area contributed by atoms with Crippen LogP contribution in [0.4, 0.5) is 5.69 Å². The van der Waals surface area contributed by atoms with E-state index in [0.717, 1.165) is 42.7 Å². The predicted octanol–water partition coefficient (Wildman–Crippen LogP) is 4.32. The summed E-state index contributed by atoms with van der Waals surface area (Å²) in [5, 5.41) is 7.56. The largest absolute Gasteiger partial charge is 0.497 e. The molecule has 0 radical (unpaired) electrons. The molecule has 4 rings (SSSR count). The number of ether oxygens (including phenoxy) is 2. The molecule has 34 heavy (non-hydrogen) atoms. The van der Waals surface area contributed by atoms with E-state index in [9.17, 15) is 9.70 Å². The zero-order valence-electron chi connectivity index (χ0n) is 19.9. The lowest BCUT2D eigenvalue weighted by atomic mass is 9.96. The maximum Gasteiger partial charge on any atom is 0.168 e. The van der Waals surface area contributed by atoms with Crippen LogP contribution < -0.4 is 9.64 Å². The van der Waals surface area contributed by atoms with Gasteiger partial charge in [-0.2, -0.15) is 10.0 Å². The molecular formula is C26H30N4O4. The van der Waals surface area contributed by atoms with Crippen LogP contribution >= 0.6 is 0 Å². The maximum absolute atomic E-state index is 12.0. The third-order valence-corrected chi connectivity index (χ3v) is 6.64. The summed E-state index contributed by atoms with van der Waals surface area (Å²) in [4.78, 5) is 25.2. The van der Waals surface area contributed by atoms with Gasteiger partial charge < -0.3 is 14.4 Å². The van der Waals surface area contributed by atoms with Crippen molar-refractivity contribution in [2.24, 2.45) is 5.18 Å². The summed E-state index contributed by atoms with van der Waals surface area (Å²) in [6.07, 6.45) is 3.67. The molecule has 1 aliphatic rings. The molecule has 0 saturated heterocycles. The lowest BCUT2D eigenvalue weighted by Gasteiger charge is -2.21. The summed E-state index contributed by atoms with van der Waals surface area (Å²) in [7, 11) is 5.36. The van der Waals surface area contributed by atoms with Crippen molar-refractivity contribution in [3.8, 4) is 11.4 Å². The number of aldehydes is 1. The van der Waals surface area contributed by atoms with Gasteiger partial charge in [0.15, 0.2) is 6.29 Å². The number of rotatable bonds is 12. The predicted molar refractivity (Wildman–Crippen MR) is 131 cm³/mol. The van der Waals surface area contributed by atoms with Crippen LogP contribution in [0.25, 0.3) is 5.69 Å². The van der Waals surface area contributed by atoms with Crippen molar-refractivity contribution in [2.75, 3.05) is 39.3 Å². The highest BCUT2D eigenvalue weighted by Crippen LogP contribution is 2.48. The smallest absolute Gasteiger partial charge is 0.168 e. The van der Waals surface area contributed by atoms with Crippen molar-refractivity contribution in [2.45, 2.75) is 31.2 Å². The number of benzene rings is 2. The second-order valence-electron chi connectivity index (χ2n) is 8.76. The normalized spacial score (nSPS) is 14.0. The number of carbonyl (C=O) groups is 1. The van der Waals surface area contributed by atoms with Crippen molar-refractivity contribution < 1.29 is 14.3 Å². The molecule has 1 saturated carbocycles. The van der Waals surface area contributed by atoms with Crippen LogP contribution in [-0.2, 0) is 23.1 Å². The quantitative estimate of drug-likeness (QED) is 0.294. The van der Waals surface area contributed by atoms with Crippen LogP contribution in [0.3, 0.4) is 0 Å². The molecule has 0 atom stereocenters. The summed E-state index contributed by atoms with van der Waals surface area (Å²) in [6, 6.07) is 15.9. The summed E-state index contributed by atoms with van der Waals surface area (Å²) < 4.78 is 12.2. The van der Waals surface area contributed by atoms with E-state index in [-0.39, 0.29) is 12.0 Å². The topological polar surface area (TPSA) is 86.0 Å². The Morgan fingerprint density at radius 2 is 1.82 bits per heavy atom. The van der Waals surface area contributed by atoms with Gasteiger partial charge in [0.2, 0.25) is 0 Å². The highest BCUT2D eigenvalue weighted by molar-refractivity contribution is 5.76. The number of methoxy groups -OCH3 is 2. The van der Waals surface area contributed by atoms with Crippen molar-refractivity contribution in [3.63, 3.8) is 0 Å². The Morgan fingerprint density at radius 1 is 1.12 bits per heavy atom. The van der Waals surface area contributed by atoms with E-state index < -0.39 is 0 Å². The second kappa shape index (κ2) is 10.2. The lowest BCUT2D eigenvalue weighted by molar-refractivity contribution is 0.111. The Balaban J connectivity index is 1.53. The number of anilines is 1. The number of nitrogens with zero attached hydrogens (tertiary/aromatic N) is 4. The Kier molecular flexibility index (Phi) is 7.07. The maximum atomic E-state index is 12.0. The second-order valence-corrected chi connectivity index (χ2v) is 8.76. The zero-order chi connectivity index (χ0) is 24.1. The summed E-state index contributed by atoms with van der Waals surface area (Å²) >= 11 is 0. The van der Waals surface area contributed by atoms with Crippen molar-refractivity contribution in [1.29, 1.82) is 0 Å². The molecular weight excluding hydrogens is 432 g/mol. The minimum atomic E-state index is -0.0840. The third-order valence-electron chi connectivity index (χ3n) is 6.64. The number of aromatic nitrogens is 2. The number of hydrogen-bond acceptors (Lipinski definition) is 7. The minimum absolute atomic E-state index is 0.0840. The highest BCUT2D eigenvalue weighted by Gasteiger charge is 2.44. The van der Waals surface area contributed by atoms with Gasteiger partial charge in [0, 0.05) is 37.4 Å². The SMILES string of the molecule is COCC1(c2ccc(N(C)CCc3c(CN=O)nn(-c4ccc(OC)cc4)c3C=O)cc2)CC1. The molecule has 0 unspecified atom stereocenters. The molecule has 8 nitrogen and oxygen atoms in total. The molecule has 1 fully saturated rings. The standard InChI is InChI=1S/C26H30N4O4/c1-29(20-6-4-19(5-7-20)26(13-14-26)18-33-2)15-12-23-24(16-27-32)28-30(25(23)17-31)21-8-10-22(34-3)11-9-21/h4-11,17H,12-16,18H2,1-3H3. The van der Waals surface area contributed by atoms with Crippen LogP contribution in [0, 0.1) is 4.91 Å². The average Bonchev–Trinajstić information content (AvgIpc) is 3.57. The van der Waals surface area contributed by atoms with E-state index in [0.29, 0.717) is 30.1 Å². The Bertz CT molecular complexity index is 1130. The first-order valence-corrected chi connectivity index (χ1v) is 11.4. The monoisotopic (exact) mass is 462 g/mol. The van der Waals surface area contributed by atoms with Gasteiger partial charge >= 0.3 is 0 Å². The van der Waals surface area contributed by atoms with Crippen molar-refractivity contribution in [1.82, 2.24) is 9.78 Å². The van der Waals surface area contributed by atoms with Gasteiger partial charge in [-0.3, -0.25) is 4.79 Å². The molecule has 0 N–H and O–H groups in total. The first-order valence-electron chi connectivity index (χ1n) is 11.4. The van der Waals surface area contributed by atoms with Gasteiger partial charge in [-0.25, -0.2) is 4.68 Å².